The number of hydrogen-bond donors (Lipinski definition) is 2. The summed E-state index contributed by atoms with van der Waals surface area (Å²) in [5.74, 6) is -6.53. The molecule has 3 atom stereocenters. The van der Waals surface area contributed by atoms with Gasteiger partial charge in [0.25, 0.3) is 11.7 Å². The number of rotatable bonds is 7. The number of carbonyl (C=O) groups excluding carboxylic acids is 2. The van der Waals surface area contributed by atoms with Crippen LogP contribution in [0.4, 0.5) is 22.0 Å². The Kier molecular flexibility index (Phi) is 6.88. The average molecular weight is 583 g/mol. The number of fused-ring (bicyclic) bond motifs is 1. The van der Waals surface area contributed by atoms with Crippen LogP contribution in [0.15, 0.2) is 17.0 Å². The second kappa shape index (κ2) is 10.3. The van der Waals surface area contributed by atoms with Crippen LogP contribution in [0.25, 0.3) is 5.78 Å². The van der Waals surface area contributed by atoms with Gasteiger partial charge >= 0.3 is 6.18 Å². The molecule has 2 aliphatic carbocycles. The van der Waals surface area contributed by atoms with Crippen molar-refractivity contribution in [3.05, 3.63) is 35.2 Å². The first-order chi connectivity index (χ1) is 19.5. The van der Waals surface area contributed by atoms with E-state index in [0.29, 0.717) is 11.4 Å². The number of nitrogens with one attached hydrogen (secondary N) is 2. The van der Waals surface area contributed by atoms with Crippen LogP contribution in [0.5, 0.6) is 0 Å². The molecule has 3 aromatic heterocycles. The third-order valence-corrected chi connectivity index (χ3v) is 8.17. The summed E-state index contributed by atoms with van der Waals surface area (Å²) in [5.41, 5.74) is 1.12. The molecule has 4 heterocycles. The lowest BCUT2D eigenvalue weighted by Crippen LogP contribution is -2.47. The third kappa shape index (κ3) is 5.86. The fourth-order valence-corrected chi connectivity index (χ4v) is 5.68. The highest BCUT2D eigenvalue weighted by Crippen LogP contribution is 2.43. The standard InChI is InChI=1S/C25H27F5N8O3/c26-24(27)5-3-13(4-6-24)18(34-22(40)20-19(12-1-2-12)36-41-37-20)17-11-38-23(33-17)32-10-16(35-38)8-14-7-15(25(28,29)30)9-31-21(14)39/h10-15,18H,1-9H2,(H,31,39)(H,34,40)/t14-,15+,18-/m0/s1. The molecule has 2 amide bonds. The number of amides is 2. The number of hydrogen-bond acceptors (Lipinski definition) is 8. The van der Waals surface area contributed by atoms with Crippen molar-refractivity contribution in [1.29, 1.82) is 0 Å². The molecule has 3 aliphatic rings. The number of carbonyl (C=O) groups is 2. The van der Waals surface area contributed by atoms with E-state index < -0.39 is 48.3 Å². The van der Waals surface area contributed by atoms with E-state index in [0.717, 1.165) is 12.8 Å². The van der Waals surface area contributed by atoms with E-state index in [2.05, 4.69) is 36.0 Å². The van der Waals surface area contributed by atoms with Gasteiger partial charge in [-0.1, -0.05) is 5.16 Å². The van der Waals surface area contributed by atoms with Gasteiger partial charge in [-0.2, -0.15) is 18.3 Å². The minimum Gasteiger partial charge on any atom is -0.355 e. The molecule has 3 aromatic rings. The van der Waals surface area contributed by atoms with Gasteiger partial charge in [0, 0.05) is 37.6 Å². The van der Waals surface area contributed by atoms with Gasteiger partial charge in [-0.15, -0.1) is 0 Å². The van der Waals surface area contributed by atoms with Crippen LogP contribution < -0.4 is 10.6 Å². The Hall–Kier alpha value is -3.72. The lowest BCUT2D eigenvalue weighted by Gasteiger charge is -2.33. The molecule has 2 saturated carbocycles. The van der Waals surface area contributed by atoms with Gasteiger partial charge in [-0.3, -0.25) is 9.59 Å². The molecule has 1 aliphatic heterocycles. The smallest absolute Gasteiger partial charge is 0.355 e. The van der Waals surface area contributed by atoms with Crippen molar-refractivity contribution >= 4 is 17.6 Å². The van der Waals surface area contributed by atoms with Crippen LogP contribution in [0, 0.1) is 17.8 Å². The maximum absolute atomic E-state index is 14.0. The summed E-state index contributed by atoms with van der Waals surface area (Å²) in [6.45, 7) is -0.457. The highest BCUT2D eigenvalue weighted by molar-refractivity contribution is 5.93. The monoisotopic (exact) mass is 582 g/mol. The summed E-state index contributed by atoms with van der Waals surface area (Å²) >= 11 is 0. The van der Waals surface area contributed by atoms with E-state index in [-0.39, 0.29) is 67.5 Å². The van der Waals surface area contributed by atoms with E-state index in [4.69, 9.17) is 4.63 Å². The summed E-state index contributed by atoms with van der Waals surface area (Å²) in [6.07, 6.45) is -0.657. The molecule has 2 N–H and O–H groups in total. The fourth-order valence-electron chi connectivity index (χ4n) is 5.68. The van der Waals surface area contributed by atoms with Gasteiger partial charge < -0.3 is 10.6 Å². The topological polar surface area (TPSA) is 140 Å². The zero-order valence-electron chi connectivity index (χ0n) is 21.7. The average Bonchev–Trinajstić information content (AvgIpc) is 3.48. The molecule has 1 saturated heterocycles. The van der Waals surface area contributed by atoms with E-state index >= 15 is 0 Å². The number of halogens is 5. The summed E-state index contributed by atoms with van der Waals surface area (Å²) in [6, 6.07) is -0.772. The van der Waals surface area contributed by atoms with Gasteiger partial charge in [0.1, 0.15) is 5.69 Å². The molecule has 0 spiro atoms. The summed E-state index contributed by atoms with van der Waals surface area (Å²) in [4.78, 5) is 34.2. The number of nitrogens with zero attached hydrogens (tertiary/aromatic N) is 6. The maximum atomic E-state index is 14.0. The van der Waals surface area contributed by atoms with Gasteiger partial charge in [-0.25, -0.2) is 27.9 Å². The van der Waals surface area contributed by atoms with E-state index in [1.165, 1.54) is 16.9 Å². The summed E-state index contributed by atoms with van der Waals surface area (Å²) in [5, 5.41) is 17.2. The van der Waals surface area contributed by atoms with Crippen molar-refractivity contribution in [3.63, 3.8) is 0 Å². The Morgan fingerprint density at radius 2 is 1.95 bits per heavy atom. The first-order valence-electron chi connectivity index (χ1n) is 13.5. The molecule has 0 aromatic carbocycles. The minimum absolute atomic E-state index is 0.0452. The molecule has 11 nitrogen and oxygen atoms in total. The molecule has 220 valence electrons. The van der Waals surface area contributed by atoms with Gasteiger partial charge in [-0.05, 0) is 43.2 Å². The second-order valence-electron chi connectivity index (χ2n) is 11.2. The van der Waals surface area contributed by atoms with Crippen molar-refractivity contribution in [3.8, 4) is 0 Å². The zero-order valence-corrected chi connectivity index (χ0v) is 21.7. The number of imidazole rings is 1. The predicted molar refractivity (Wildman–Crippen MR) is 129 cm³/mol. The van der Waals surface area contributed by atoms with Crippen LogP contribution in [-0.4, -0.2) is 60.4 Å². The molecule has 6 rings (SSSR count). The largest absolute Gasteiger partial charge is 0.393 e. The van der Waals surface area contributed by atoms with Crippen LogP contribution in [0.1, 0.15) is 84.5 Å². The summed E-state index contributed by atoms with van der Waals surface area (Å²) in [7, 11) is 0. The third-order valence-electron chi connectivity index (χ3n) is 8.17. The Balaban J connectivity index is 1.24. The Morgan fingerprint density at radius 3 is 2.66 bits per heavy atom. The molecular formula is C25H27F5N8O3. The lowest BCUT2D eigenvalue weighted by molar-refractivity contribution is -0.183. The van der Waals surface area contributed by atoms with Crippen molar-refractivity contribution < 1.29 is 36.2 Å². The number of aromatic nitrogens is 6. The molecular weight excluding hydrogens is 555 g/mol. The Bertz CT molecular complexity index is 1440. The van der Waals surface area contributed by atoms with Crippen LogP contribution in [0.3, 0.4) is 0 Å². The van der Waals surface area contributed by atoms with Crippen molar-refractivity contribution in [2.24, 2.45) is 17.8 Å². The number of alkyl halides is 5. The normalized spacial score (nSPS) is 24.3. The Morgan fingerprint density at radius 1 is 1.20 bits per heavy atom. The lowest BCUT2D eigenvalue weighted by atomic mass is 9.81. The van der Waals surface area contributed by atoms with Gasteiger partial charge in [0.2, 0.25) is 11.8 Å². The van der Waals surface area contributed by atoms with Crippen molar-refractivity contribution in [2.75, 3.05) is 6.54 Å². The second-order valence-corrected chi connectivity index (χ2v) is 11.2. The van der Waals surface area contributed by atoms with E-state index in [9.17, 15) is 31.5 Å². The molecule has 3 fully saturated rings. The number of piperidine rings is 1. The summed E-state index contributed by atoms with van der Waals surface area (Å²) < 4.78 is 73.7. The van der Waals surface area contributed by atoms with Crippen molar-refractivity contribution in [2.45, 2.75) is 75.4 Å². The van der Waals surface area contributed by atoms with E-state index in [1.807, 2.05) is 0 Å². The molecule has 16 heteroatoms. The zero-order chi connectivity index (χ0) is 28.9. The first-order valence-corrected chi connectivity index (χ1v) is 13.5. The highest BCUT2D eigenvalue weighted by atomic mass is 19.4. The Labute approximate surface area is 229 Å². The van der Waals surface area contributed by atoms with Crippen LogP contribution in [-0.2, 0) is 11.2 Å². The maximum Gasteiger partial charge on any atom is 0.393 e. The molecule has 0 unspecified atom stereocenters. The van der Waals surface area contributed by atoms with Gasteiger partial charge in [0.15, 0.2) is 5.69 Å². The predicted octanol–water partition coefficient (Wildman–Crippen LogP) is 3.54. The SMILES string of the molecule is O=C(N[C@H](c1cn2nc(C[C@@H]3C[C@@H](C(F)(F)F)CNC3=O)cnc2n1)C1CCC(F)(F)CC1)c1nonc1C1CC1. The first kappa shape index (κ1) is 27.4. The van der Waals surface area contributed by atoms with Crippen LogP contribution in [0.2, 0.25) is 0 Å². The van der Waals surface area contributed by atoms with E-state index in [1.54, 1.807) is 0 Å². The van der Waals surface area contributed by atoms with Crippen molar-refractivity contribution in [1.82, 2.24) is 40.5 Å². The quantitative estimate of drug-likeness (QED) is 0.403. The molecule has 0 bridgehead atoms. The fraction of sp³-hybridized carbons (Fsp3) is 0.640. The molecule has 0 radical (unpaired) electrons. The minimum atomic E-state index is -4.43. The highest BCUT2D eigenvalue weighted by Gasteiger charge is 2.45. The van der Waals surface area contributed by atoms with Crippen LogP contribution >= 0.6 is 0 Å². The molecule has 41 heavy (non-hydrogen) atoms. The van der Waals surface area contributed by atoms with Gasteiger partial charge in [0.05, 0.1) is 35.7 Å².